The maximum absolute atomic E-state index is 12.1. The molecule has 1 amide bonds. The Morgan fingerprint density at radius 2 is 1.94 bits per heavy atom. The number of hydrogen-bond donors (Lipinski definition) is 0. The van der Waals surface area contributed by atoms with Crippen molar-refractivity contribution in [2.75, 3.05) is 13.6 Å². The second kappa shape index (κ2) is 5.73. The Bertz CT molecular complexity index is 266. The number of amides is 1. The van der Waals surface area contributed by atoms with Gasteiger partial charge in [-0.1, -0.05) is 43.6 Å². The molecule has 0 heterocycles. The first kappa shape index (κ1) is 15.0. The van der Waals surface area contributed by atoms with Gasteiger partial charge in [0.05, 0.1) is 0 Å². The summed E-state index contributed by atoms with van der Waals surface area (Å²) in [7, 11) is 1.94. The first-order valence-corrected chi connectivity index (χ1v) is 7.49. The van der Waals surface area contributed by atoms with Gasteiger partial charge >= 0.3 is 0 Å². The van der Waals surface area contributed by atoms with E-state index in [9.17, 15) is 4.79 Å². The van der Waals surface area contributed by atoms with Crippen molar-refractivity contribution in [3.8, 4) is 0 Å². The van der Waals surface area contributed by atoms with Crippen molar-refractivity contribution in [3.05, 3.63) is 0 Å². The molecule has 100 valence electrons. The lowest BCUT2D eigenvalue weighted by molar-refractivity contribution is -0.132. The van der Waals surface area contributed by atoms with Gasteiger partial charge in [0.15, 0.2) is 0 Å². The number of carbonyl (C=O) groups excluding carboxylic acids is 1. The van der Waals surface area contributed by atoms with Crippen LogP contribution in [-0.4, -0.2) is 29.2 Å². The van der Waals surface area contributed by atoms with Crippen LogP contribution in [0.1, 0.15) is 47.0 Å². The molecule has 1 unspecified atom stereocenters. The summed E-state index contributed by atoms with van der Waals surface area (Å²) in [5, 5.41) is 0. The highest BCUT2D eigenvalue weighted by Crippen LogP contribution is 2.34. The summed E-state index contributed by atoms with van der Waals surface area (Å²) in [4.78, 5) is 14.7. The molecule has 1 aliphatic rings. The van der Waals surface area contributed by atoms with Gasteiger partial charge in [0, 0.05) is 24.8 Å². The van der Waals surface area contributed by atoms with E-state index in [0.29, 0.717) is 29.0 Å². The van der Waals surface area contributed by atoms with Gasteiger partial charge in [-0.15, -0.1) is 0 Å². The van der Waals surface area contributed by atoms with Crippen LogP contribution in [0, 0.1) is 17.3 Å². The zero-order valence-corrected chi connectivity index (χ0v) is 13.4. The molecule has 1 rings (SSSR count). The number of halogens is 1. The molecular weight excluding hydrogens is 278 g/mol. The topological polar surface area (TPSA) is 20.3 Å². The molecule has 0 spiro atoms. The van der Waals surface area contributed by atoms with E-state index < -0.39 is 0 Å². The fourth-order valence-corrected chi connectivity index (χ4v) is 3.07. The first-order chi connectivity index (χ1) is 7.70. The molecule has 17 heavy (non-hydrogen) atoms. The number of rotatable bonds is 4. The molecule has 1 saturated carbocycles. The van der Waals surface area contributed by atoms with Crippen LogP contribution < -0.4 is 0 Å². The Labute approximate surface area is 114 Å². The number of alkyl halides is 1. The lowest BCUT2D eigenvalue weighted by Crippen LogP contribution is -2.39. The molecule has 1 atom stereocenters. The molecular formula is C14H26BrNO. The summed E-state index contributed by atoms with van der Waals surface area (Å²) in [6.07, 6.45) is 3.10. The summed E-state index contributed by atoms with van der Waals surface area (Å²) in [5.74, 6) is 1.44. The molecule has 1 fully saturated rings. The Morgan fingerprint density at radius 1 is 1.41 bits per heavy atom. The molecule has 1 aliphatic carbocycles. The van der Waals surface area contributed by atoms with E-state index in [1.807, 2.05) is 11.9 Å². The summed E-state index contributed by atoms with van der Waals surface area (Å²) in [6, 6.07) is 0. The lowest BCUT2D eigenvalue weighted by Gasteiger charge is -2.35. The third kappa shape index (κ3) is 4.61. The predicted octanol–water partition coefficient (Wildman–Crippen LogP) is 3.69. The molecule has 0 radical (unpaired) electrons. The largest absolute Gasteiger partial charge is 0.345 e. The van der Waals surface area contributed by atoms with Gasteiger partial charge in [-0.2, -0.15) is 0 Å². The summed E-state index contributed by atoms with van der Waals surface area (Å²) < 4.78 is 0. The van der Waals surface area contributed by atoms with E-state index in [1.165, 1.54) is 12.8 Å². The van der Waals surface area contributed by atoms with E-state index in [0.717, 1.165) is 6.54 Å². The third-order valence-electron chi connectivity index (χ3n) is 4.10. The second-order valence-electron chi connectivity index (χ2n) is 6.68. The van der Waals surface area contributed by atoms with Crippen molar-refractivity contribution in [2.24, 2.45) is 17.3 Å². The van der Waals surface area contributed by atoms with Crippen molar-refractivity contribution >= 4 is 21.8 Å². The van der Waals surface area contributed by atoms with Crippen LogP contribution >= 0.6 is 15.9 Å². The Hall–Kier alpha value is -0.0500. The van der Waals surface area contributed by atoms with Gasteiger partial charge in [-0.05, 0) is 30.1 Å². The summed E-state index contributed by atoms with van der Waals surface area (Å²) >= 11 is 3.59. The van der Waals surface area contributed by atoms with Crippen LogP contribution in [0.3, 0.4) is 0 Å². The van der Waals surface area contributed by atoms with E-state index in [1.54, 1.807) is 0 Å². The van der Waals surface area contributed by atoms with E-state index >= 15 is 0 Å². The highest BCUT2D eigenvalue weighted by Gasteiger charge is 2.30. The first-order valence-electron chi connectivity index (χ1n) is 6.58. The molecule has 0 N–H and O–H groups in total. The van der Waals surface area contributed by atoms with Crippen LogP contribution in [-0.2, 0) is 4.79 Å². The van der Waals surface area contributed by atoms with Crippen LogP contribution in [0.2, 0.25) is 0 Å². The zero-order chi connectivity index (χ0) is 13.2. The molecule has 2 nitrogen and oxygen atoms in total. The summed E-state index contributed by atoms with van der Waals surface area (Å²) in [5.41, 5.74) is 0.216. The van der Waals surface area contributed by atoms with Crippen molar-refractivity contribution in [1.29, 1.82) is 0 Å². The van der Waals surface area contributed by atoms with Gasteiger partial charge in [0.25, 0.3) is 0 Å². The smallest absolute Gasteiger partial charge is 0.222 e. The lowest BCUT2D eigenvalue weighted by atomic mass is 9.79. The number of carbonyl (C=O) groups is 1. The maximum atomic E-state index is 12.1. The van der Waals surface area contributed by atoms with Crippen molar-refractivity contribution in [1.82, 2.24) is 4.90 Å². The molecule has 3 heteroatoms. The number of nitrogens with zero attached hydrogens (tertiary/aromatic N) is 1. The van der Waals surface area contributed by atoms with Crippen molar-refractivity contribution < 1.29 is 4.79 Å². The molecule has 0 aliphatic heterocycles. The maximum Gasteiger partial charge on any atom is 0.222 e. The van der Waals surface area contributed by atoms with Gasteiger partial charge < -0.3 is 4.90 Å². The zero-order valence-electron chi connectivity index (χ0n) is 11.8. The summed E-state index contributed by atoms with van der Waals surface area (Å²) in [6.45, 7) is 9.70. The second-order valence-corrected chi connectivity index (χ2v) is 7.98. The average Bonchev–Trinajstić information content (AvgIpc) is 2.13. The van der Waals surface area contributed by atoms with Crippen molar-refractivity contribution in [3.63, 3.8) is 0 Å². The van der Waals surface area contributed by atoms with Gasteiger partial charge in [-0.3, -0.25) is 4.79 Å². The SMILES string of the molecule is CC(CC(=O)N(C)CC1CC(Br)C1)C(C)(C)C. The molecule has 0 bridgehead atoms. The van der Waals surface area contributed by atoms with Crippen LogP contribution in [0.4, 0.5) is 0 Å². The monoisotopic (exact) mass is 303 g/mol. The van der Waals surface area contributed by atoms with Gasteiger partial charge in [0.2, 0.25) is 5.91 Å². The molecule has 0 saturated heterocycles. The fraction of sp³-hybridized carbons (Fsp3) is 0.929. The van der Waals surface area contributed by atoms with Crippen LogP contribution in [0.5, 0.6) is 0 Å². The van der Waals surface area contributed by atoms with Crippen LogP contribution in [0.15, 0.2) is 0 Å². The van der Waals surface area contributed by atoms with Crippen LogP contribution in [0.25, 0.3) is 0 Å². The Kier molecular flexibility index (Phi) is 5.06. The minimum atomic E-state index is 0.216. The average molecular weight is 304 g/mol. The third-order valence-corrected chi connectivity index (χ3v) is 4.84. The van der Waals surface area contributed by atoms with E-state index in [-0.39, 0.29) is 5.41 Å². The highest BCUT2D eigenvalue weighted by molar-refractivity contribution is 9.09. The van der Waals surface area contributed by atoms with E-state index in [4.69, 9.17) is 0 Å². The molecule has 0 aromatic heterocycles. The standard InChI is InChI=1S/C14H26BrNO/c1-10(14(2,3)4)6-13(17)16(5)9-11-7-12(15)8-11/h10-12H,6-9H2,1-5H3. The minimum Gasteiger partial charge on any atom is -0.345 e. The molecule has 0 aromatic rings. The van der Waals surface area contributed by atoms with Gasteiger partial charge in [0.1, 0.15) is 0 Å². The van der Waals surface area contributed by atoms with Crippen molar-refractivity contribution in [2.45, 2.75) is 51.8 Å². The van der Waals surface area contributed by atoms with Gasteiger partial charge in [-0.25, -0.2) is 0 Å². The molecule has 0 aromatic carbocycles. The quantitative estimate of drug-likeness (QED) is 0.725. The minimum absolute atomic E-state index is 0.216. The highest BCUT2D eigenvalue weighted by atomic mass is 79.9. The normalized spacial score (nSPS) is 26.2. The number of hydrogen-bond acceptors (Lipinski definition) is 1. The fourth-order valence-electron chi connectivity index (χ4n) is 2.02. The Balaban J connectivity index is 2.32. The predicted molar refractivity (Wildman–Crippen MR) is 76.3 cm³/mol. The van der Waals surface area contributed by atoms with E-state index in [2.05, 4.69) is 43.6 Å². The Morgan fingerprint density at radius 3 is 2.35 bits per heavy atom.